The molecule has 0 aliphatic rings. The highest BCUT2D eigenvalue weighted by molar-refractivity contribution is 5.45. The fourth-order valence-electron chi connectivity index (χ4n) is 2.46. The summed E-state index contributed by atoms with van der Waals surface area (Å²) in [6.07, 6.45) is 4.69. The Labute approximate surface area is 111 Å². The van der Waals surface area contributed by atoms with Gasteiger partial charge in [-0.2, -0.15) is 0 Å². The van der Waals surface area contributed by atoms with E-state index < -0.39 is 0 Å². The molecule has 0 aliphatic carbocycles. The van der Waals surface area contributed by atoms with Crippen molar-refractivity contribution in [3.63, 3.8) is 0 Å². The fraction of sp³-hybridized carbons (Fsp3) is 0.600. The molecule has 0 aliphatic heterocycles. The third-order valence-corrected chi connectivity index (χ3v) is 3.36. The normalized spacial score (nSPS) is 12.5. The topological polar surface area (TPSA) is 47.3 Å². The zero-order valence-electron chi connectivity index (χ0n) is 12.0. The van der Waals surface area contributed by atoms with Crippen molar-refractivity contribution in [1.29, 1.82) is 0 Å². The van der Waals surface area contributed by atoms with E-state index in [-0.39, 0.29) is 6.04 Å². The molecule has 0 bridgehead atoms. The average Bonchev–Trinajstić information content (AvgIpc) is 2.35. The van der Waals surface area contributed by atoms with E-state index in [0.29, 0.717) is 0 Å². The van der Waals surface area contributed by atoms with Gasteiger partial charge in [-0.3, -0.25) is 11.3 Å². The summed E-state index contributed by atoms with van der Waals surface area (Å²) < 4.78 is 5.50. The standard InChI is InChI=1S/C15H26N2O/c1-5-6-7-8-13(17-16)15-12(3)9-11(2)10-14(15)18-4/h9-10,13,17H,5-8,16H2,1-4H3. The number of unbranched alkanes of at least 4 members (excludes halogenated alkanes) is 2. The molecule has 1 atom stereocenters. The number of hydrogen-bond donors (Lipinski definition) is 2. The number of benzene rings is 1. The SMILES string of the molecule is CCCCCC(NN)c1c(C)cc(C)cc1OC. The lowest BCUT2D eigenvalue weighted by Gasteiger charge is -2.22. The molecule has 1 aromatic rings. The number of hydrazine groups is 1. The van der Waals surface area contributed by atoms with Crippen LogP contribution in [0.3, 0.4) is 0 Å². The molecule has 102 valence electrons. The maximum atomic E-state index is 5.71. The van der Waals surface area contributed by atoms with Gasteiger partial charge in [0.25, 0.3) is 0 Å². The molecule has 0 heterocycles. The van der Waals surface area contributed by atoms with Gasteiger partial charge in [0.05, 0.1) is 7.11 Å². The Bertz CT molecular complexity index is 377. The number of aryl methyl sites for hydroxylation is 2. The summed E-state index contributed by atoms with van der Waals surface area (Å²) in [7, 11) is 1.72. The molecule has 18 heavy (non-hydrogen) atoms. The van der Waals surface area contributed by atoms with Crippen LogP contribution < -0.4 is 16.0 Å². The first-order valence-electron chi connectivity index (χ1n) is 6.75. The van der Waals surface area contributed by atoms with E-state index in [2.05, 4.69) is 38.3 Å². The number of hydrogen-bond acceptors (Lipinski definition) is 3. The maximum Gasteiger partial charge on any atom is 0.124 e. The number of nitrogens with two attached hydrogens (primary N) is 1. The minimum Gasteiger partial charge on any atom is -0.496 e. The Balaban J connectivity index is 2.96. The zero-order valence-corrected chi connectivity index (χ0v) is 12.0. The van der Waals surface area contributed by atoms with Gasteiger partial charge in [-0.25, -0.2) is 0 Å². The predicted octanol–water partition coefficient (Wildman–Crippen LogP) is 3.40. The van der Waals surface area contributed by atoms with Crippen LogP contribution >= 0.6 is 0 Å². The van der Waals surface area contributed by atoms with Gasteiger partial charge in [-0.1, -0.05) is 32.3 Å². The average molecular weight is 250 g/mol. The summed E-state index contributed by atoms with van der Waals surface area (Å²) in [6, 6.07) is 4.43. The minimum atomic E-state index is 0.173. The quantitative estimate of drug-likeness (QED) is 0.443. The summed E-state index contributed by atoms with van der Waals surface area (Å²) in [6.45, 7) is 6.42. The largest absolute Gasteiger partial charge is 0.496 e. The highest BCUT2D eigenvalue weighted by Crippen LogP contribution is 2.32. The van der Waals surface area contributed by atoms with Crippen LogP contribution in [0.1, 0.15) is 55.3 Å². The van der Waals surface area contributed by atoms with Crippen molar-refractivity contribution in [3.8, 4) is 5.75 Å². The molecule has 1 unspecified atom stereocenters. The van der Waals surface area contributed by atoms with Gasteiger partial charge in [-0.15, -0.1) is 0 Å². The molecule has 0 saturated carbocycles. The smallest absolute Gasteiger partial charge is 0.124 e. The molecule has 0 radical (unpaired) electrons. The first-order valence-corrected chi connectivity index (χ1v) is 6.75. The second-order valence-electron chi connectivity index (χ2n) is 4.91. The molecule has 0 spiro atoms. The number of rotatable bonds is 7. The Morgan fingerprint density at radius 3 is 2.56 bits per heavy atom. The van der Waals surface area contributed by atoms with Crippen LogP contribution in [-0.2, 0) is 0 Å². The van der Waals surface area contributed by atoms with Crippen molar-refractivity contribution < 1.29 is 4.74 Å². The Morgan fingerprint density at radius 1 is 1.28 bits per heavy atom. The molecule has 0 fully saturated rings. The summed E-state index contributed by atoms with van der Waals surface area (Å²) in [4.78, 5) is 0. The van der Waals surface area contributed by atoms with Crippen molar-refractivity contribution in [2.75, 3.05) is 7.11 Å². The molecule has 3 heteroatoms. The van der Waals surface area contributed by atoms with Gasteiger partial charge in [-0.05, 0) is 37.5 Å². The summed E-state index contributed by atoms with van der Waals surface area (Å²) in [5.41, 5.74) is 6.59. The van der Waals surface area contributed by atoms with Gasteiger partial charge in [0.15, 0.2) is 0 Å². The third kappa shape index (κ3) is 3.72. The Hall–Kier alpha value is -1.06. The van der Waals surface area contributed by atoms with E-state index >= 15 is 0 Å². The molecule has 1 rings (SSSR count). The van der Waals surface area contributed by atoms with Crippen molar-refractivity contribution >= 4 is 0 Å². The summed E-state index contributed by atoms with van der Waals surface area (Å²) in [5, 5.41) is 0. The molecule has 0 amide bonds. The van der Waals surface area contributed by atoms with Crippen LogP contribution in [0.5, 0.6) is 5.75 Å². The highest BCUT2D eigenvalue weighted by Gasteiger charge is 2.17. The van der Waals surface area contributed by atoms with Crippen LogP contribution in [0.25, 0.3) is 0 Å². The molecular formula is C15H26N2O. The number of nitrogens with one attached hydrogen (secondary N) is 1. The lowest BCUT2D eigenvalue weighted by molar-refractivity contribution is 0.392. The van der Waals surface area contributed by atoms with Crippen LogP contribution in [0.4, 0.5) is 0 Å². The molecular weight excluding hydrogens is 224 g/mol. The minimum absolute atomic E-state index is 0.173. The van der Waals surface area contributed by atoms with E-state index in [1.165, 1.54) is 36.0 Å². The molecule has 0 saturated heterocycles. The summed E-state index contributed by atoms with van der Waals surface area (Å²) >= 11 is 0. The zero-order chi connectivity index (χ0) is 13.5. The maximum absolute atomic E-state index is 5.71. The highest BCUT2D eigenvalue weighted by atomic mass is 16.5. The monoisotopic (exact) mass is 250 g/mol. The number of ether oxygens (including phenoxy) is 1. The van der Waals surface area contributed by atoms with Crippen molar-refractivity contribution in [2.45, 2.75) is 52.5 Å². The van der Waals surface area contributed by atoms with Crippen LogP contribution in [-0.4, -0.2) is 7.11 Å². The molecule has 3 N–H and O–H groups in total. The van der Waals surface area contributed by atoms with E-state index in [1.807, 2.05) is 0 Å². The van der Waals surface area contributed by atoms with E-state index in [4.69, 9.17) is 10.6 Å². The van der Waals surface area contributed by atoms with Crippen LogP contribution in [0.15, 0.2) is 12.1 Å². The van der Waals surface area contributed by atoms with Gasteiger partial charge in [0.2, 0.25) is 0 Å². The lowest BCUT2D eigenvalue weighted by Crippen LogP contribution is -2.29. The van der Waals surface area contributed by atoms with Crippen LogP contribution in [0, 0.1) is 13.8 Å². The molecule has 0 aromatic heterocycles. The first kappa shape index (κ1) is 15.0. The second kappa shape index (κ2) is 7.39. The fourth-order valence-corrected chi connectivity index (χ4v) is 2.46. The van der Waals surface area contributed by atoms with Crippen molar-refractivity contribution in [2.24, 2.45) is 5.84 Å². The first-order chi connectivity index (χ1) is 8.63. The molecule has 1 aromatic carbocycles. The Kier molecular flexibility index (Phi) is 6.16. The number of methoxy groups -OCH3 is 1. The second-order valence-corrected chi connectivity index (χ2v) is 4.91. The van der Waals surface area contributed by atoms with Gasteiger partial charge < -0.3 is 4.74 Å². The van der Waals surface area contributed by atoms with Crippen LogP contribution in [0.2, 0.25) is 0 Å². The van der Waals surface area contributed by atoms with E-state index in [1.54, 1.807) is 7.11 Å². The van der Waals surface area contributed by atoms with E-state index in [0.717, 1.165) is 12.2 Å². The van der Waals surface area contributed by atoms with Gasteiger partial charge in [0.1, 0.15) is 5.75 Å². The van der Waals surface area contributed by atoms with Crippen molar-refractivity contribution in [1.82, 2.24) is 5.43 Å². The third-order valence-electron chi connectivity index (χ3n) is 3.36. The van der Waals surface area contributed by atoms with Gasteiger partial charge >= 0.3 is 0 Å². The van der Waals surface area contributed by atoms with Gasteiger partial charge in [0, 0.05) is 11.6 Å². The Morgan fingerprint density at radius 2 is 2.00 bits per heavy atom. The predicted molar refractivity (Wildman–Crippen MR) is 76.7 cm³/mol. The van der Waals surface area contributed by atoms with E-state index in [9.17, 15) is 0 Å². The lowest BCUT2D eigenvalue weighted by atomic mass is 9.94. The summed E-state index contributed by atoms with van der Waals surface area (Å²) in [5.74, 6) is 6.65. The van der Waals surface area contributed by atoms with Crippen molar-refractivity contribution in [3.05, 3.63) is 28.8 Å². The molecule has 3 nitrogen and oxygen atoms in total.